The summed E-state index contributed by atoms with van der Waals surface area (Å²) < 4.78 is 10.1. The maximum Gasteiger partial charge on any atom is 0.312 e. The zero-order valence-corrected chi connectivity index (χ0v) is 13.8. The van der Waals surface area contributed by atoms with E-state index in [0.29, 0.717) is 17.0 Å². The molecule has 1 heterocycles. The Kier molecular flexibility index (Phi) is 5.09. The van der Waals surface area contributed by atoms with Crippen LogP contribution in [0.5, 0.6) is 0 Å². The fraction of sp³-hybridized carbons (Fsp3) is 0.211. The van der Waals surface area contributed by atoms with Crippen molar-refractivity contribution >= 4 is 28.5 Å². The Labute approximate surface area is 144 Å². The number of nitrogens with one attached hydrogen (secondary N) is 1. The third kappa shape index (κ3) is 4.23. The quantitative estimate of drug-likeness (QED) is 0.698. The van der Waals surface area contributed by atoms with Crippen LogP contribution in [0, 0.1) is 0 Å². The van der Waals surface area contributed by atoms with Crippen molar-refractivity contribution in [2.45, 2.75) is 19.8 Å². The monoisotopic (exact) mass is 338 g/mol. The molecule has 128 valence electrons. The van der Waals surface area contributed by atoms with Crippen LogP contribution >= 0.6 is 0 Å². The third-order valence-corrected chi connectivity index (χ3v) is 3.77. The molecule has 25 heavy (non-hydrogen) atoms. The van der Waals surface area contributed by atoms with Crippen LogP contribution in [-0.4, -0.2) is 23.6 Å². The van der Waals surface area contributed by atoms with Crippen LogP contribution in [0.15, 0.2) is 53.1 Å². The summed E-state index contributed by atoms with van der Waals surface area (Å²) in [4.78, 5) is 23.8. The molecule has 2 aromatic carbocycles. The van der Waals surface area contributed by atoms with Gasteiger partial charge in [-0.2, -0.15) is 0 Å². The molecule has 6 heteroatoms. The summed E-state index contributed by atoms with van der Waals surface area (Å²) in [5.74, 6) is -0.918. The Morgan fingerprint density at radius 3 is 2.64 bits per heavy atom. The van der Waals surface area contributed by atoms with Crippen LogP contribution in [0.4, 0.5) is 5.69 Å². The zero-order valence-electron chi connectivity index (χ0n) is 13.8. The molecule has 3 aromatic rings. The smallest absolute Gasteiger partial charge is 0.312 e. The molecule has 6 nitrogen and oxygen atoms in total. The first kappa shape index (κ1) is 16.7. The molecule has 1 N–H and O–H groups in total. The van der Waals surface area contributed by atoms with Gasteiger partial charge in [-0.15, -0.1) is 0 Å². The molecule has 3 rings (SSSR count). The van der Waals surface area contributed by atoms with Crippen molar-refractivity contribution in [1.82, 2.24) is 5.16 Å². The Morgan fingerprint density at radius 2 is 1.88 bits per heavy atom. The van der Waals surface area contributed by atoms with E-state index in [2.05, 4.69) is 17.4 Å². The number of anilines is 1. The number of amides is 1. The number of benzene rings is 2. The van der Waals surface area contributed by atoms with E-state index in [4.69, 9.17) is 9.26 Å². The van der Waals surface area contributed by atoms with Gasteiger partial charge in [0.15, 0.2) is 12.2 Å². The first-order chi connectivity index (χ1) is 12.2. The Hall–Kier alpha value is -3.15. The topological polar surface area (TPSA) is 81.4 Å². The summed E-state index contributed by atoms with van der Waals surface area (Å²) in [6, 6.07) is 14.8. The lowest BCUT2D eigenvalue weighted by atomic mass is 10.1. The lowest BCUT2D eigenvalue weighted by molar-refractivity contribution is -0.146. The van der Waals surface area contributed by atoms with Gasteiger partial charge in [-0.05, 0) is 36.2 Å². The first-order valence-corrected chi connectivity index (χ1v) is 8.03. The van der Waals surface area contributed by atoms with Crippen LogP contribution in [-0.2, 0) is 27.2 Å². The number of para-hydroxylation sites is 1. The van der Waals surface area contributed by atoms with Gasteiger partial charge in [0.2, 0.25) is 0 Å². The second-order valence-corrected chi connectivity index (χ2v) is 5.56. The fourth-order valence-corrected chi connectivity index (χ4v) is 2.42. The molecule has 1 amide bonds. The largest absolute Gasteiger partial charge is 0.455 e. The molecule has 0 aliphatic carbocycles. The molecular weight excluding hydrogens is 320 g/mol. The van der Waals surface area contributed by atoms with Crippen molar-refractivity contribution in [2.24, 2.45) is 0 Å². The van der Waals surface area contributed by atoms with Crippen molar-refractivity contribution in [2.75, 3.05) is 11.9 Å². The van der Waals surface area contributed by atoms with E-state index in [0.717, 1.165) is 11.8 Å². The van der Waals surface area contributed by atoms with Crippen molar-refractivity contribution in [3.8, 4) is 0 Å². The van der Waals surface area contributed by atoms with Gasteiger partial charge in [-0.1, -0.05) is 36.3 Å². The number of hydrogen-bond donors (Lipinski definition) is 1. The number of carbonyl (C=O) groups is 2. The van der Waals surface area contributed by atoms with E-state index in [1.807, 2.05) is 42.5 Å². The molecule has 0 aliphatic heterocycles. The maximum atomic E-state index is 11.9. The number of aryl methyl sites for hydroxylation is 1. The summed E-state index contributed by atoms with van der Waals surface area (Å²) in [7, 11) is 0. The van der Waals surface area contributed by atoms with E-state index in [1.165, 1.54) is 5.56 Å². The number of rotatable bonds is 6. The highest BCUT2D eigenvalue weighted by atomic mass is 16.5. The van der Waals surface area contributed by atoms with Crippen molar-refractivity contribution < 1.29 is 18.8 Å². The molecule has 0 saturated heterocycles. The maximum absolute atomic E-state index is 11.9. The number of esters is 1. The van der Waals surface area contributed by atoms with E-state index in [-0.39, 0.29) is 18.9 Å². The Morgan fingerprint density at radius 1 is 1.12 bits per heavy atom. The normalized spacial score (nSPS) is 10.6. The van der Waals surface area contributed by atoms with Crippen molar-refractivity contribution in [3.05, 3.63) is 59.8 Å². The van der Waals surface area contributed by atoms with E-state index < -0.39 is 5.97 Å². The molecule has 0 unspecified atom stereocenters. The third-order valence-electron chi connectivity index (χ3n) is 3.77. The number of ether oxygens (including phenoxy) is 1. The lowest BCUT2D eigenvalue weighted by Crippen LogP contribution is -2.21. The molecule has 1 aromatic heterocycles. The van der Waals surface area contributed by atoms with Crippen LogP contribution in [0.2, 0.25) is 0 Å². The molecule has 0 bridgehead atoms. The number of hydrogen-bond acceptors (Lipinski definition) is 5. The SMILES string of the molecule is CCc1ccc(NC(=O)COC(=O)Cc2noc3ccccc23)cc1. The van der Waals surface area contributed by atoms with Gasteiger partial charge in [-0.3, -0.25) is 9.59 Å². The van der Waals surface area contributed by atoms with Crippen LogP contribution in [0.25, 0.3) is 11.0 Å². The second kappa shape index (κ2) is 7.61. The average molecular weight is 338 g/mol. The molecule has 0 saturated carbocycles. The highest BCUT2D eigenvalue weighted by molar-refractivity contribution is 5.93. The van der Waals surface area contributed by atoms with Gasteiger partial charge in [-0.25, -0.2) is 0 Å². The number of nitrogens with zero attached hydrogens (tertiary/aromatic N) is 1. The number of carbonyl (C=O) groups excluding carboxylic acids is 2. The molecule has 0 fully saturated rings. The number of fused-ring (bicyclic) bond motifs is 1. The summed E-state index contributed by atoms with van der Waals surface area (Å²) in [6.45, 7) is 1.72. The van der Waals surface area contributed by atoms with Crippen LogP contribution < -0.4 is 5.32 Å². The van der Waals surface area contributed by atoms with E-state index in [1.54, 1.807) is 6.07 Å². The van der Waals surface area contributed by atoms with Gasteiger partial charge in [0.25, 0.3) is 5.91 Å². The Balaban J connectivity index is 1.50. The fourth-order valence-electron chi connectivity index (χ4n) is 2.42. The summed E-state index contributed by atoms with van der Waals surface area (Å²) in [5.41, 5.74) is 2.96. The van der Waals surface area contributed by atoms with E-state index in [9.17, 15) is 9.59 Å². The summed E-state index contributed by atoms with van der Waals surface area (Å²) in [6.07, 6.45) is 0.887. The van der Waals surface area contributed by atoms with Gasteiger partial charge in [0.05, 0.1) is 6.42 Å². The lowest BCUT2D eigenvalue weighted by Gasteiger charge is -2.07. The van der Waals surface area contributed by atoms with Gasteiger partial charge < -0.3 is 14.6 Å². The van der Waals surface area contributed by atoms with Crippen LogP contribution in [0.1, 0.15) is 18.2 Å². The highest BCUT2D eigenvalue weighted by Gasteiger charge is 2.14. The first-order valence-electron chi connectivity index (χ1n) is 8.03. The minimum absolute atomic E-state index is 0.0461. The van der Waals surface area contributed by atoms with E-state index >= 15 is 0 Å². The molecule has 0 aliphatic rings. The average Bonchev–Trinajstić information content (AvgIpc) is 3.04. The zero-order chi connectivity index (χ0) is 17.6. The predicted molar refractivity (Wildman–Crippen MR) is 93.1 cm³/mol. The van der Waals surface area contributed by atoms with Crippen LogP contribution in [0.3, 0.4) is 0 Å². The minimum atomic E-state index is -0.532. The molecular formula is C19H18N2O4. The predicted octanol–water partition coefficient (Wildman–Crippen LogP) is 3.11. The van der Waals surface area contributed by atoms with Gasteiger partial charge in [0.1, 0.15) is 5.69 Å². The minimum Gasteiger partial charge on any atom is -0.455 e. The second-order valence-electron chi connectivity index (χ2n) is 5.56. The standard InChI is InChI=1S/C19H18N2O4/c1-2-13-7-9-14(10-8-13)20-18(22)12-24-19(23)11-16-15-5-3-4-6-17(15)25-21-16/h3-10H,2,11-12H2,1H3,(H,20,22). The highest BCUT2D eigenvalue weighted by Crippen LogP contribution is 2.18. The molecule has 0 spiro atoms. The van der Waals surface area contributed by atoms with Crippen molar-refractivity contribution in [1.29, 1.82) is 0 Å². The summed E-state index contributed by atoms with van der Waals surface area (Å²) in [5, 5.41) is 7.32. The summed E-state index contributed by atoms with van der Waals surface area (Å²) >= 11 is 0. The van der Waals surface area contributed by atoms with Gasteiger partial charge in [0, 0.05) is 11.1 Å². The Bertz CT molecular complexity index is 884. The molecule has 0 radical (unpaired) electrons. The van der Waals surface area contributed by atoms with Crippen molar-refractivity contribution in [3.63, 3.8) is 0 Å². The van der Waals surface area contributed by atoms with Gasteiger partial charge >= 0.3 is 5.97 Å². The molecule has 0 atom stereocenters. The number of aromatic nitrogens is 1.